The number of halogens is 2. The summed E-state index contributed by atoms with van der Waals surface area (Å²) in [5, 5.41) is 3.80. The molecule has 0 saturated carbocycles. The summed E-state index contributed by atoms with van der Waals surface area (Å²) >= 11 is 11.9. The van der Waals surface area contributed by atoms with Crippen LogP contribution < -0.4 is 24.4 Å². The maximum absolute atomic E-state index is 12.5. The predicted molar refractivity (Wildman–Crippen MR) is 127 cm³/mol. The Kier molecular flexibility index (Phi) is 7.22. The number of rotatable bonds is 8. The number of nitrogens with zero attached hydrogens (tertiary/aromatic N) is 1. The molecule has 0 aromatic heterocycles. The Morgan fingerprint density at radius 3 is 2.61 bits per heavy atom. The number of hydrogen-bond acceptors (Lipinski definition) is 5. The zero-order valence-electron chi connectivity index (χ0n) is 17.4. The van der Waals surface area contributed by atoms with Crippen LogP contribution in [-0.4, -0.2) is 38.2 Å². The van der Waals surface area contributed by atoms with Crippen molar-refractivity contribution in [2.75, 3.05) is 36.6 Å². The molecule has 0 radical (unpaired) electrons. The molecule has 0 unspecified atom stereocenters. The second-order valence-corrected chi connectivity index (χ2v) is 7.93. The van der Waals surface area contributed by atoms with Crippen molar-refractivity contribution < 1.29 is 23.8 Å². The lowest BCUT2D eigenvalue weighted by Gasteiger charge is -2.29. The molecule has 2 amide bonds. The quantitative estimate of drug-likeness (QED) is 0.494. The minimum absolute atomic E-state index is 0.0642. The zero-order chi connectivity index (χ0) is 23.2. The number of carbonyl (C=O) groups is 2. The van der Waals surface area contributed by atoms with Crippen molar-refractivity contribution in [1.82, 2.24) is 0 Å². The average molecular weight is 487 g/mol. The third-order valence-electron chi connectivity index (χ3n) is 4.78. The summed E-state index contributed by atoms with van der Waals surface area (Å²) in [7, 11) is 0. The van der Waals surface area contributed by atoms with Crippen LogP contribution in [-0.2, 0) is 9.59 Å². The van der Waals surface area contributed by atoms with Gasteiger partial charge in [0.25, 0.3) is 11.8 Å². The summed E-state index contributed by atoms with van der Waals surface area (Å²) in [6.45, 7) is 0.306. The highest BCUT2D eigenvalue weighted by Gasteiger charge is 2.26. The first kappa shape index (κ1) is 22.8. The molecule has 3 aromatic rings. The maximum Gasteiger partial charge on any atom is 0.265 e. The van der Waals surface area contributed by atoms with Crippen molar-refractivity contribution in [2.45, 2.75) is 0 Å². The molecule has 1 heterocycles. The number of hydrogen-bond donors (Lipinski definition) is 1. The fourth-order valence-corrected chi connectivity index (χ4v) is 3.53. The van der Waals surface area contributed by atoms with E-state index in [2.05, 4.69) is 5.32 Å². The van der Waals surface area contributed by atoms with Gasteiger partial charge in [0, 0.05) is 10.7 Å². The molecular weight excluding hydrogens is 467 g/mol. The van der Waals surface area contributed by atoms with E-state index < -0.39 is 0 Å². The SMILES string of the molecule is O=C(COc1ccccc1Cl)Nc1ccc2c(c1)N(CCOc1ccc(Cl)cc1)C(=O)CO2. The standard InChI is InChI=1S/C24H20Cl2N2O5/c25-16-5-8-18(9-6-16)31-12-11-28-20-13-17(7-10-22(20)33-15-24(28)30)27-23(29)14-32-21-4-2-1-3-19(21)26/h1-10,13H,11-12,14-15H2,(H,27,29). The Labute approximate surface area is 200 Å². The maximum atomic E-state index is 12.5. The van der Waals surface area contributed by atoms with Gasteiger partial charge in [-0.15, -0.1) is 0 Å². The van der Waals surface area contributed by atoms with Crippen LogP contribution in [0.5, 0.6) is 17.2 Å². The summed E-state index contributed by atoms with van der Waals surface area (Å²) in [5.41, 5.74) is 1.05. The molecule has 1 aliphatic heterocycles. The molecule has 0 fully saturated rings. The lowest BCUT2D eigenvalue weighted by atomic mass is 10.2. The number of para-hydroxylation sites is 1. The molecule has 33 heavy (non-hydrogen) atoms. The van der Waals surface area contributed by atoms with Gasteiger partial charge in [0.05, 0.1) is 17.3 Å². The van der Waals surface area contributed by atoms with Gasteiger partial charge in [0.2, 0.25) is 0 Å². The van der Waals surface area contributed by atoms with E-state index >= 15 is 0 Å². The van der Waals surface area contributed by atoms with Crippen LogP contribution >= 0.6 is 23.2 Å². The van der Waals surface area contributed by atoms with Gasteiger partial charge in [-0.05, 0) is 54.6 Å². The first-order chi connectivity index (χ1) is 16.0. The second kappa shape index (κ2) is 10.5. The Bertz CT molecular complexity index is 1150. The van der Waals surface area contributed by atoms with Gasteiger partial charge in [-0.1, -0.05) is 35.3 Å². The number of ether oxygens (including phenoxy) is 3. The summed E-state index contributed by atoms with van der Waals surface area (Å²) in [6.07, 6.45) is 0. The molecule has 1 aliphatic rings. The molecule has 7 nitrogen and oxygen atoms in total. The van der Waals surface area contributed by atoms with E-state index in [1.54, 1.807) is 71.6 Å². The van der Waals surface area contributed by atoms with Crippen LogP contribution in [0.1, 0.15) is 0 Å². The second-order valence-electron chi connectivity index (χ2n) is 7.09. The van der Waals surface area contributed by atoms with Gasteiger partial charge in [0.15, 0.2) is 13.2 Å². The van der Waals surface area contributed by atoms with Crippen LogP contribution in [0, 0.1) is 0 Å². The number of nitrogens with one attached hydrogen (secondary N) is 1. The Balaban J connectivity index is 1.39. The molecule has 4 rings (SSSR count). The van der Waals surface area contributed by atoms with Crippen molar-refractivity contribution in [2.24, 2.45) is 0 Å². The summed E-state index contributed by atoms with van der Waals surface area (Å²) in [4.78, 5) is 26.4. The molecule has 0 bridgehead atoms. The van der Waals surface area contributed by atoms with Crippen molar-refractivity contribution in [3.05, 3.63) is 76.8 Å². The molecule has 170 valence electrons. The van der Waals surface area contributed by atoms with Crippen LogP contribution in [0.15, 0.2) is 66.7 Å². The first-order valence-corrected chi connectivity index (χ1v) is 10.9. The number of amides is 2. The Morgan fingerprint density at radius 2 is 1.82 bits per heavy atom. The minimum atomic E-state index is -0.365. The van der Waals surface area contributed by atoms with E-state index in [1.807, 2.05) is 0 Å². The predicted octanol–water partition coefficient (Wildman–Crippen LogP) is 4.82. The summed E-state index contributed by atoms with van der Waals surface area (Å²) in [6, 6.07) is 19.0. The van der Waals surface area contributed by atoms with E-state index in [9.17, 15) is 9.59 Å². The van der Waals surface area contributed by atoms with Gasteiger partial charge in [-0.25, -0.2) is 0 Å². The third kappa shape index (κ3) is 5.88. The van der Waals surface area contributed by atoms with E-state index in [-0.39, 0.29) is 31.6 Å². The third-order valence-corrected chi connectivity index (χ3v) is 5.34. The van der Waals surface area contributed by atoms with E-state index in [0.717, 1.165) is 0 Å². The fraction of sp³-hybridized carbons (Fsp3) is 0.167. The van der Waals surface area contributed by atoms with Crippen molar-refractivity contribution in [3.63, 3.8) is 0 Å². The fourth-order valence-electron chi connectivity index (χ4n) is 3.21. The molecule has 0 saturated heterocycles. The summed E-state index contributed by atoms with van der Waals surface area (Å²) < 4.78 is 16.7. The minimum Gasteiger partial charge on any atom is -0.492 e. The van der Waals surface area contributed by atoms with Gasteiger partial charge >= 0.3 is 0 Å². The van der Waals surface area contributed by atoms with E-state index in [1.165, 1.54) is 0 Å². The monoisotopic (exact) mass is 486 g/mol. The molecule has 9 heteroatoms. The molecule has 0 aliphatic carbocycles. The van der Waals surface area contributed by atoms with E-state index in [4.69, 9.17) is 37.4 Å². The molecule has 0 atom stereocenters. The van der Waals surface area contributed by atoms with Crippen LogP contribution in [0.3, 0.4) is 0 Å². The molecule has 1 N–H and O–H groups in total. The number of anilines is 2. The number of fused-ring (bicyclic) bond motifs is 1. The van der Waals surface area contributed by atoms with Gasteiger partial charge in [0.1, 0.15) is 23.9 Å². The summed E-state index contributed by atoms with van der Waals surface area (Å²) in [5.74, 6) is 1.06. The zero-order valence-corrected chi connectivity index (χ0v) is 18.9. The highest BCUT2D eigenvalue weighted by Crippen LogP contribution is 2.34. The Morgan fingerprint density at radius 1 is 1.03 bits per heavy atom. The number of benzene rings is 3. The highest BCUT2D eigenvalue weighted by molar-refractivity contribution is 6.32. The van der Waals surface area contributed by atoms with Gasteiger partial charge in [-0.3, -0.25) is 9.59 Å². The smallest absolute Gasteiger partial charge is 0.265 e. The average Bonchev–Trinajstić information content (AvgIpc) is 2.81. The van der Waals surface area contributed by atoms with Crippen molar-refractivity contribution in [1.29, 1.82) is 0 Å². The first-order valence-electron chi connectivity index (χ1n) is 10.1. The normalized spacial score (nSPS) is 12.5. The lowest BCUT2D eigenvalue weighted by molar-refractivity contribution is -0.121. The largest absolute Gasteiger partial charge is 0.492 e. The molecule has 3 aromatic carbocycles. The van der Waals surface area contributed by atoms with Crippen LogP contribution in [0.25, 0.3) is 0 Å². The topological polar surface area (TPSA) is 77.1 Å². The van der Waals surface area contributed by atoms with Crippen LogP contribution in [0.4, 0.5) is 11.4 Å². The van der Waals surface area contributed by atoms with Gasteiger partial charge < -0.3 is 24.4 Å². The highest BCUT2D eigenvalue weighted by atomic mass is 35.5. The van der Waals surface area contributed by atoms with E-state index in [0.29, 0.717) is 45.2 Å². The van der Waals surface area contributed by atoms with Crippen molar-refractivity contribution >= 4 is 46.4 Å². The Hall–Kier alpha value is -3.42. The molecule has 0 spiro atoms. The van der Waals surface area contributed by atoms with Gasteiger partial charge in [-0.2, -0.15) is 0 Å². The lowest BCUT2D eigenvalue weighted by Crippen LogP contribution is -2.41. The number of carbonyl (C=O) groups excluding carboxylic acids is 2. The van der Waals surface area contributed by atoms with Crippen molar-refractivity contribution in [3.8, 4) is 17.2 Å². The van der Waals surface area contributed by atoms with Crippen LogP contribution in [0.2, 0.25) is 10.0 Å². The molecular formula is C24H20Cl2N2O5.